The second-order valence-electron chi connectivity index (χ2n) is 6.92. The van der Waals surface area contributed by atoms with Crippen molar-refractivity contribution in [2.45, 2.75) is 6.18 Å². The minimum Gasteiger partial charge on any atom is -0.484 e. The van der Waals surface area contributed by atoms with Crippen LogP contribution in [0.1, 0.15) is 21.5 Å². The summed E-state index contributed by atoms with van der Waals surface area (Å²) in [4.78, 5) is 36.0. The van der Waals surface area contributed by atoms with Gasteiger partial charge in [-0.15, -0.1) is 0 Å². The van der Waals surface area contributed by atoms with Gasteiger partial charge in [-0.25, -0.2) is 0 Å². The molecular formula is C24H19F3N2O5. The molecule has 0 aromatic heterocycles. The lowest BCUT2D eigenvalue weighted by molar-refractivity contribution is -0.137. The largest absolute Gasteiger partial charge is 0.484 e. The Morgan fingerprint density at radius 3 is 1.82 bits per heavy atom. The summed E-state index contributed by atoms with van der Waals surface area (Å²) in [5.41, 5.74) is 4.25. The molecule has 0 fully saturated rings. The molecule has 10 heteroatoms. The normalized spacial score (nSPS) is 10.8. The molecule has 0 saturated carbocycles. The molecule has 0 bridgehead atoms. The van der Waals surface area contributed by atoms with Gasteiger partial charge in [0.1, 0.15) is 11.5 Å². The lowest BCUT2D eigenvalue weighted by Crippen LogP contribution is -2.45. The van der Waals surface area contributed by atoms with Crippen molar-refractivity contribution in [1.82, 2.24) is 10.9 Å². The van der Waals surface area contributed by atoms with Gasteiger partial charge in [0.2, 0.25) is 0 Å². The van der Waals surface area contributed by atoms with Crippen molar-refractivity contribution in [3.63, 3.8) is 0 Å². The van der Waals surface area contributed by atoms with E-state index in [1.54, 1.807) is 36.4 Å². The second-order valence-corrected chi connectivity index (χ2v) is 6.92. The Labute approximate surface area is 192 Å². The summed E-state index contributed by atoms with van der Waals surface area (Å²) in [5, 5.41) is 0. The number of ether oxygens (including phenoxy) is 2. The first-order valence-electron chi connectivity index (χ1n) is 9.93. The molecule has 0 aliphatic rings. The Kier molecular flexibility index (Phi) is 7.86. The maximum absolute atomic E-state index is 12.7. The summed E-state index contributed by atoms with van der Waals surface area (Å²) in [7, 11) is 0. The van der Waals surface area contributed by atoms with E-state index in [9.17, 15) is 27.6 Å². The molecule has 0 radical (unpaired) electrons. The average Bonchev–Trinajstić information content (AvgIpc) is 2.85. The predicted octanol–water partition coefficient (Wildman–Crippen LogP) is 3.54. The molecule has 3 aromatic carbocycles. The molecule has 0 unspecified atom stereocenters. The number of rotatable bonds is 8. The second kappa shape index (κ2) is 11.0. The predicted molar refractivity (Wildman–Crippen MR) is 115 cm³/mol. The van der Waals surface area contributed by atoms with Crippen LogP contribution in [0, 0.1) is 0 Å². The summed E-state index contributed by atoms with van der Waals surface area (Å²) in [5.74, 6) is -1.43. The van der Waals surface area contributed by atoms with Gasteiger partial charge in [-0.1, -0.05) is 36.4 Å². The molecule has 3 rings (SSSR count). The van der Waals surface area contributed by atoms with Crippen LogP contribution in [0.3, 0.4) is 0 Å². The number of carbonyl (C=O) groups is 3. The lowest BCUT2D eigenvalue weighted by Gasteiger charge is -2.11. The third-order valence-electron chi connectivity index (χ3n) is 4.40. The standard InChI is InChI=1S/C24H19F3N2O5/c25-24(26,27)18-7-4-8-20(13-18)34-15-22(31)29-28-21(30)14-33-19-11-9-17(10-12-19)23(32)16-5-2-1-3-6-16/h1-13H,14-15H2,(H,28,30)(H,29,31). The maximum atomic E-state index is 12.7. The Hall–Kier alpha value is -4.34. The van der Waals surface area contributed by atoms with Gasteiger partial charge in [0.15, 0.2) is 19.0 Å². The monoisotopic (exact) mass is 472 g/mol. The van der Waals surface area contributed by atoms with E-state index in [0.29, 0.717) is 16.9 Å². The molecule has 176 valence electrons. The van der Waals surface area contributed by atoms with Crippen LogP contribution in [-0.4, -0.2) is 30.8 Å². The number of hydrogen-bond acceptors (Lipinski definition) is 5. The molecule has 0 atom stereocenters. The zero-order valence-corrected chi connectivity index (χ0v) is 17.6. The van der Waals surface area contributed by atoms with E-state index < -0.39 is 36.8 Å². The van der Waals surface area contributed by atoms with E-state index in [4.69, 9.17) is 9.47 Å². The van der Waals surface area contributed by atoms with Gasteiger partial charge in [-0.2, -0.15) is 13.2 Å². The van der Waals surface area contributed by atoms with Crippen LogP contribution >= 0.6 is 0 Å². The van der Waals surface area contributed by atoms with Crippen molar-refractivity contribution in [3.05, 3.63) is 95.6 Å². The average molecular weight is 472 g/mol. The van der Waals surface area contributed by atoms with Crippen molar-refractivity contribution >= 4 is 17.6 Å². The Balaban J connectivity index is 1.40. The maximum Gasteiger partial charge on any atom is 0.416 e. The van der Waals surface area contributed by atoms with Crippen LogP contribution in [-0.2, 0) is 15.8 Å². The minimum atomic E-state index is -4.53. The van der Waals surface area contributed by atoms with Crippen LogP contribution in [0.5, 0.6) is 11.5 Å². The number of benzene rings is 3. The van der Waals surface area contributed by atoms with Crippen LogP contribution in [0.25, 0.3) is 0 Å². The van der Waals surface area contributed by atoms with Gasteiger partial charge in [0, 0.05) is 11.1 Å². The smallest absolute Gasteiger partial charge is 0.416 e. The summed E-state index contributed by atoms with van der Waals surface area (Å²) in [6, 6.07) is 19.0. The van der Waals surface area contributed by atoms with Gasteiger partial charge >= 0.3 is 6.18 Å². The number of halogens is 3. The molecule has 0 saturated heterocycles. The molecular weight excluding hydrogens is 453 g/mol. The van der Waals surface area contributed by atoms with Crippen molar-refractivity contribution < 1.29 is 37.0 Å². The Morgan fingerprint density at radius 2 is 1.24 bits per heavy atom. The summed E-state index contributed by atoms with van der Waals surface area (Å²) >= 11 is 0. The van der Waals surface area contributed by atoms with E-state index in [2.05, 4.69) is 10.9 Å². The zero-order valence-electron chi connectivity index (χ0n) is 17.6. The van der Waals surface area contributed by atoms with Gasteiger partial charge in [-0.3, -0.25) is 25.2 Å². The first kappa shape index (κ1) is 24.3. The fraction of sp³-hybridized carbons (Fsp3) is 0.125. The molecule has 2 N–H and O–H groups in total. The molecule has 7 nitrogen and oxygen atoms in total. The summed E-state index contributed by atoms with van der Waals surface area (Å²) < 4.78 is 48.4. The molecule has 3 aromatic rings. The highest BCUT2D eigenvalue weighted by Crippen LogP contribution is 2.31. The first-order chi connectivity index (χ1) is 16.2. The number of alkyl halides is 3. The highest BCUT2D eigenvalue weighted by atomic mass is 19.4. The topological polar surface area (TPSA) is 93.7 Å². The van der Waals surface area contributed by atoms with Crippen LogP contribution in [0.15, 0.2) is 78.9 Å². The molecule has 2 amide bonds. The summed E-state index contributed by atoms with van der Waals surface area (Å²) in [6.07, 6.45) is -4.53. The van der Waals surface area contributed by atoms with E-state index in [0.717, 1.165) is 18.2 Å². The molecule has 0 aliphatic heterocycles. The van der Waals surface area contributed by atoms with Crippen LogP contribution in [0.4, 0.5) is 13.2 Å². The van der Waals surface area contributed by atoms with E-state index >= 15 is 0 Å². The zero-order chi connectivity index (χ0) is 24.6. The fourth-order valence-corrected chi connectivity index (χ4v) is 2.73. The third-order valence-corrected chi connectivity index (χ3v) is 4.40. The highest BCUT2D eigenvalue weighted by molar-refractivity contribution is 6.09. The Morgan fingerprint density at radius 1 is 0.676 bits per heavy atom. The van der Waals surface area contributed by atoms with E-state index in [1.165, 1.54) is 18.2 Å². The number of carbonyl (C=O) groups excluding carboxylic acids is 3. The van der Waals surface area contributed by atoms with Gasteiger partial charge in [0.05, 0.1) is 5.56 Å². The summed E-state index contributed by atoms with van der Waals surface area (Å²) in [6.45, 7) is -1.04. The van der Waals surface area contributed by atoms with Crippen LogP contribution in [0.2, 0.25) is 0 Å². The first-order valence-corrected chi connectivity index (χ1v) is 9.93. The molecule has 0 spiro atoms. The number of amides is 2. The third kappa shape index (κ3) is 7.09. The number of hydrazine groups is 1. The molecule has 0 heterocycles. The van der Waals surface area contributed by atoms with Crippen molar-refractivity contribution in [2.24, 2.45) is 0 Å². The number of ketones is 1. The SMILES string of the molecule is O=C(COc1ccc(C(=O)c2ccccc2)cc1)NNC(=O)COc1cccc(C(F)(F)F)c1. The van der Waals surface area contributed by atoms with Crippen molar-refractivity contribution in [3.8, 4) is 11.5 Å². The lowest BCUT2D eigenvalue weighted by atomic mass is 10.0. The minimum absolute atomic E-state index is 0.145. The van der Waals surface area contributed by atoms with Crippen LogP contribution < -0.4 is 20.3 Å². The van der Waals surface area contributed by atoms with Gasteiger partial charge in [0.25, 0.3) is 11.8 Å². The van der Waals surface area contributed by atoms with Crippen molar-refractivity contribution in [1.29, 1.82) is 0 Å². The van der Waals surface area contributed by atoms with E-state index in [-0.39, 0.29) is 11.5 Å². The van der Waals surface area contributed by atoms with Crippen molar-refractivity contribution in [2.75, 3.05) is 13.2 Å². The Bertz CT molecular complexity index is 1150. The highest BCUT2D eigenvalue weighted by Gasteiger charge is 2.30. The van der Waals surface area contributed by atoms with E-state index in [1.807, 2.05) is 6.07 Å². The molecule has 34 heavy (non-hydrogen) atoms. The number of hydrogen-bond donors (Lipinski definition) is 2. The number of nitrogens with one attached hydrogen (secondary N) is 2. The van der Waals surface area contributed by atoms with Gasteiger partial charge < -0.3 is 9.47 Å². The fourth-order valence-electron chi connectivity index (χ4n) is 2.73. The molecule has 0 aliphatic carbocycles. The van der Waals surface area contributed by atoms with Gasteiger partial charge in [-0.05, 0) is 42.5 Å². The quantitative estimate of drug-likeness (QED) is 0.387.